The van der Waals surface area contributed by atoms with Crippen LogP contribution in [-0.4, -0.2) is 22.2 Å². The fourth-order valence-corrected chi connectivity index (χ4v) is 2.79. The van der Waals surface area contributed by atoms with Crippen LogP contribution >= 0.6 is 0 Å². The van der Waals surface area contributed by atoms with E-state index in [1.165, 1.54) is 6.42 Å². The molecule has 0 saturated heterocycles. The highest BCUT2D eigenvalue weighted by Crippen LogP contribution is 2.42. The number of hydrogen-bond donors (Lipinski definition) is 2. The molecule has 1 heterocycles. The number of carbonyl (C=O) groups excluding carboxylic acids is 1. The van der Waals surface area contributed by atoms with Crippen molar-refractivity contribution in [3.63, 3.8) is 0 Å². The highest BCUT2D eigenvalue weighted by atomic mass is 16.1. The molecule has 106 valence electrons. The summed E-state index contributed by atoms with van der Waals surface area (Å²) in [5.41, 5.74) is 9.06. The summed E-state index contributed by atoms with van der Waals surface area (Å²) in [6.45, 7) is 5.17. The number of amides is 1. The van der Waals surface area contributed by atoms with Crippen molar-refractivity contribution >= 4 is 5.91 Å². The first-order valence-corrected chi connectivity index (χ1v) is 6.93. The SMILES string of the molecule is Cc1nn(C)c(C)c1CNC(=O)CC1(CN)CCC1. The highest BCUT2D eigenvalue weighted by Gasteiger charge is 2.37. The zero-order chi connectivity index (χ0) is 14.0. The smallest absolute Gasteiger partial charge is 0.220 e. The van der Waals surface area contributed by atoms with Crippen LogP contribution < -0.4 is 11.1 Å². The predicted octanol–water partition coefficient (Wildman–Crippen LogP) is 1.17. The van der Waals surface area contributed by atoms with Gasteiger partial charge in [-0.3, -0.25) is 9.48 Å². The molecule has 1 saturated carbocycles. The molecule has 0 bridgehead atoms. The van der Waals surface area contributed by atoms with Crippen molar-refractivity contribution in [2.75, 3.05) is 6.54 Å². The van der Waals surface area contributed by atoms with Crippen molar-refractivity contribution in [1.29, 1.82) is 0 Å². The molecule has 0 radical (unpaired) electrons. The molecule has 19 heavy (non-hydrogen) atoms. The maximum absolute atomic E-state index is 12.0. The first-order chi connectivity index (χ1) is 8.97. The van der Waals surface area contributed by atoms with E-state index in [1.54, 1.807) is 0 Å². The summed E-state index contributed by atoms with van der Waals surface area (Å²) in [6, 6.07) is 0. The first kappa shape index (κ1) is 14.1. The lowest BCUT2D eigenvalue weighted by Crippen LogP contribution is -2.41. The maximum atomic E-state index is 12.0. The van der Waals surface area contributed by atoms with Crippen molar-refractivity contribution in [1.82, 2.24) is 15.1 Å². The van der Waals surface area contributed by atoms with Crippen molar-refractivity contribution < 1.29 is 4.79 Å². The van der Waals surface area contributed by atoms with Gasteiger partial charge in [0.15, 0.2) is 0 Å². The molecule has 0 unspecified atom stereocenters. The Morgan fingerprint density at radius 3 is 2.58 bits per heavy atom. The summed E-state index contributed by atoms with van der Waals surface area (Å²) in [4.78, 5) is 12.0. The van der Waals surface area contributed by atoms with Crippen LogP contribution in [-0.2, 0) is 18.4 Å². The van der Waals surface area contributed by atoms with Crippen LogP contribution in [0.3, 0.4) is 0 Å². The lowest BCUT2D eigenvalue weighted by Gasteiger charge is -2.40. The molecule has 1 aromatic rings. The molecular weight excluding hydrogens is 240 g/mol. The summed E-state index contributed by atoms with van der Waals surface area (Å²) in [6.07, 6.45) is 3.93. The monoisotopic (exact) mass is 264 g/mol. The number of carbonyl (C=O) groups is 1. The standard InChI is InChI=1S/C14H24N4O/c1-10-12(11(2)18(3)17-10)8-16-13(19)7-14(9-15)5-4-6-14/h4-9,15H2,1-3H3,(H,16,19). The fraction of sp³-hybridized carbons (Fsp3) is 0.714. The van der Waals surface area contributed by atoms with Crippen LogP contribution in [0, 0.1) is 19.3 Å². The van der Waals surface area contributed by atoms with E-state index in [4.69, 9.17) is 5.73 Å². The van der Waals surface area contributed by atoms with E-state index in [0.29, 0.717) is 19.5 Å². The fourth-order valence-electron chi connectivity index (χ4n) is 2.79. The molecule has 5 heteroatoms. The molecule has 5 nitrogen and oxygen atoms in total. The molecule has 0 spiro atoms. The van der Waals surface area contributed by atoms with Gasteiger partial charge < -0.3 is 11.1 Å². The summed E-state index contributed by atoms with van der Waals surface area (Å²) >= 11 is 0. The molecule has 1 fully saturated rings. The van der Waals surface area contributed by atoms with Gasteiger partial charge in [-0.1, -0.05) is 6.42 Å². The second kappa shape index (κ2) is 5.33. The predicted molar refractivity (Wildman–Crippen MR) is 74.5 cm³/mol. The zero-order valence-corrected chi connectivity index (χ0v) is 12.1. The molecule has 1 aliphatic carbocycles. The van der Waals surface area contributed by atoms with Crippen LogP contribution in [0.4, 0.5) is 0 Å². The summed E-state index contributed by atoms with van der Waals surface area (Å²) in [5, 5.41) is 7.36. The second-order valence-electron chi connectivity index (χ2n) is 5.78. The third-order valence-electron chi connectivity index (χ3n) is 4.50. The minimum Gasteiger partial charge on any atom is -0.352 e. The number of aromatic nitrogens is 2. The Morgan fingerprint density at radius 1 is 1.47 bits per heavy atom. The molecule has 0 aliphatic heterocycles. The minimum atomic E-state index is 0.0725. The van der Waals surface area contributed by atoms with Crippen molar-refractivity contribution in [3.8, 4) is 0 Å². The quantitative estimate of drug-likeness (QED) is 0.838. The van der Waals surface area contributed by atoms with Gasteiger partial charge in [-0.15, -0.1) is 0 Å². The molecule has 1 aliphatic rings. The third kappa shape index (κ3) is 2.81. The highest BCUT2D eigenvalue weighted by molar-refractivity contribution is 5.76. The summed E-state index contributed by atoms with van der Waals surface area (Å²) < 4.78 is 1.85. The van der Waals surface area contributed by atoms with Gasteiger partial charge in [0.1, 0.15) is 0 Å². The van der Waals surface area contributed by atoms with Gasteiger partial charge in [-0.25, -0.2) is 0 Å². The van der Waals surface area contributed by atoms with Crippen LogP contribution in [0.25, 0.3) is 0 Å². The number of nitrogens with one attached hydrogen (secondary N) is 1. The lowest BCUT2D eigenvalue weighted by molar-refractivity contribution is -0.124. The Kier molecular flexibility index (Phi) is 3.94. The van der Waals surface area contributed by atoms with Crippen LogP contribution in [0.1, 0.15) is 42.6 Å². The Hall–Kier alpha value is -1.36. The number of rotatable bonds is 5. The molecule has 1 amide bonds. The van der Waals surface area contributed by atoms with Crippen molar-refractivity contribution in [2.24, 2.45) is 18.2 Å². The van der Waals surface area contributed by atoms with Crippen LogP contribution in [0.2, 0.25) is 0 Å². The van der Waals surface area contributed by atoms with E-state index < -0.39 is 0 Å². The van der Waals surface area contributed by atoms with E-state index in [1.807, 2.05) is 25.6 Å². The Balaban J connectivity index is 1.90. The Bertz CT molecular complexity index is 469. The Morgan fingerprint density at radius 2 is 2.16 bits per heavy atom. The number of nitrogens with two attached hydrogens (primary N) is 1. The van der Waals surface area contributed by atoms with E-state index in [9.17, 15) is 4.79 Å². The summed E-state index contributed by atoms with van der Waals surface area (Å²) in [7, 11) is 1.92. The third-order valence-corrected chi connectivity index (χ3v) is 4.50. The van der Waals surface area contributed by atoms with E-state index in [-0.39, 0.29) is 11.3 Å². The average molecular weight is 264 g/mol. The topological polar surface area (TPSA) is 72.9 Å². The van der Waals surface area contributed by atoms with Gasteiger partial charge in [0.2, 0.25) is 5.91 Å². The molecule has 2 rings (SSSR count). The van der Waals surface area contributed by atoms with E-state index in [2.05, 4.69) is 10.4 Å². The molecule has 3 N–H and O–H groups in total. The maximum Gasteiger partial charge on any atom is 0.220 e. The molecule has 0 aromatic carbocycles. The van der Waals surface area contributed by atoms with Gasteiger partial charge in [0, 0.05) is 31.3 Å². The summed E-state index contributed by atoms with van der Waals surface area (Å²) in [5.74, 6) is 0.104. The van der Waals surface area contributed by atoms with Crippen molar-refractivity contribution in [3.05, 3.63) is 17.0 Å². The number of hydrogen-bond acceptors (Lipinski definition) is 3. The van der Waals surface area contributed by atoms with Gasteiger partial charge in [0.25, 0.3) is 0 Å². The molecule has 0 atom stereocenters. The molecular formula is C14H24N4O. The van der Waals surface area contributed by atoms with Gasteiger partial charge >= 0.3 is 0 Å². The normalized spacial score (nSPS) is 17.1. The Labute approximate surface area is 114 Å². The van der Waals surface area contributed by atoms with Gasteiger partial charge in [-0.2, -0.15) is 5.10 Å². The largest absolute Gasteiger partial charge is 0.352 e. The van der Waals surface area contributed by atoms with E-state index in [0.717, 1.165) is 29.8 Å². The van der Waals surface area contributed by atoms with Gasteiger partial charge in [0.05, 0.1) is 5.69 Å². The zero-order valence-electron chi connectivity index (χ0n) is 12.1. The van der Waals surface area contributed by atoms with Crippen molar-refractivity contribution in [2.45, 2.75) is 46.1 Å². The lowest BCUT2D eigenvalue weighted by atomic mass is 9.66. The number of aryl methyl sites for hydroxylation is 2. The van der Waals surface area contributed by atoms with Crippen LogP contribution in [0.5, 0.6) is 0 Å². The average Bonchev–Trinajstić information content (AvgIpc) is 2.56. The van der Waals surface area contributed by atoms with E-state index >= 15 is 0 Å². The molecule has 1 aromatic heterocycles. The minimum absolute atomic E-state index is 0.0725. The van der Waals surface area contributed by atoms with Crippen LogP contribution in [0.15, 0.2) is 0 Å². The number of nitrogens with zero attached hydrogens (tertiary/aromatic N) is 2. The van der Waals surface area contributed by atoms with Gasteiger partial charge in [-0.05, 0) is 38.6 Å². The second-order valence-corrected chi connectivity index (χ2v) is 5.78. The first-order valence-electron chi connectivity index (χ1n) is 6.93.